The predicted octanol–water partition coefficient (Wildman–Crippen LogP) is 2.55. The molecule has 1 aromatic rings. The number of hydrogen-bond donors (Lipinski definition) is 2. The van der Waals surface area contributed by atoms with Gasteiger partial charge in [0.2, 0.25) is 0 Å². The molecule has 0 amide bonds. The van der Waals surface area contributed by atoms with E-state index in [0.29, 0.717) is 5.92 Å². The van der Waals surface area contributed by atoms with Crippen molar-refractivity contribution in [3.05, 3.63) is 29.8 Å². The van der Waals surface area contributed by atoms with Crippen molar-refractivity contribution in [3.63, 3.8) is 0 Å². The largest absolute Gasteiger partial charge is 0.271 e. The van der Waals surface area contributed by atoms with Crippen molar-refractivity contribution in [3.8, 4) is 0 Å². The minimum absolute atomic E-state index is 0.0192. The zero-order chi connectivity index (χ0) is 12.3. The summed E-state index contributed by atoms with van der Waals surface area (Å²) in [5, 5.41) is 0. The number of hydrazine groups is 1. The molecule has 0 aromatic carbocycles. The lowest BCUT2D eigenvalue weighted by Gasteiger charge is -2.32. The van der Waals surface area contributed by atoms with E-state index in [1.54, 1.807) is 6.20 Å². The Kier molecular flexibility index (Phi) is 4.07. The van der Waals surface area contributed by atoms with Crippen molar-refractivity contribution in [2.24, 2.45) is 17.7 Å². The Labute approximate surface area is 102 Å². The van der Waals surface area contributed by atoms with Crippen LogP contribution in [-0.2, 0) is 0 Å². The molecule has 0 radical (unpaired) electrons. The SMILES string of the molecule is CC1CCC(C(NN)c2cncc(F)c2)CC1. The highest BCUT2D eigenvalue weighted by atomic mass is 19.1. The van der Waals surface area contributed by atoms with E-state index < -0.39 is 0 Å². The number of hydrogen-bond acceptors (Lipinski definition) is 3. The van der Waals surface area contributed by atoms with E-state index in [1.807, 2.05) is 0 Å². The molecule has 1 atom stereocenters. The van der Waals surface area contributed by atoms with Crippen LogP contribution in [0.4, 0.5) is 4.39 Å². The molecule has 0 spiro atoms. The summed E-state index contributed by atoms with van der Waals surface area (Å²) >= 11 is 0. The first-order valence-corrected chi connectivity index (χ1v) is 6.27. The fraction of sp³-hybridized carbons (Fsp3) is 0.615. The highest BCUT2D eigenvalue weighted by Gasteiger charge is 2.26. The van der Waals surface area contributed by atoms with Gasteiger partial charge in [-0.05, 0) is 36.3 Å². The van der Waals surface area contributed by atoms with Crippen LogP contribution in [0.5, 0.6) is 0 Å². The molecular weight excluding hydrogens is 217 g/mol. The molecule has 3 nitrogen and oxygen atoms in total. The van der Waals surface area contributed by atoms with Crippen molar-refractivity contribution < 1.29 is 4.39 Å². The lowest BCUT2D eigenvalue weighted by atomic mass is 9.78. The third-order valence-electron chi connectivity index (χ3n) is 3.80. The number of pyridine rings is 1. The van der Waals surface area contributed by atoms with Crippen LogP contribution in [0.2, 0.25) is 0 Å². The van der Waals surface area contributed by atoms with Gasteiger partial charge in [0.25, 0.3) is 0 Å². The second-order valence-electron chi connectivity index (χ2n) is 5.10. The van der Waals surface area contributed by atoms with Crippen LogP contribution in [0, 0.1) is 17.7 Å². The summed E-state index contributed by atoms with van der Waals surface area (Å²) in [4.78, 5) is 3.89. The minimum atomic E-state index is -0.299. The summed E-state index contributed by atoms with van der Waals surface area (Å²) in [5.41, 5.74) is 3.68. The molecule has 1 aliphatic rings. The van der Waals surface area contributed by atoms with Gasteiger partial charge in [-0.1, -0.05) is 19.8 Å². The van der Waals surface area contributed by atoms with E-state index in [4.69, 9.17) is 5.84 Å². The smallest absolute Gasteiger partial charge is 0.141 e. The maximum Gasteiger partial charge on any atom is 0.141 e. The average Bonchev–Trinajstić information content (AvgIpc) is 2.33. The molecule has 1 saturated carbocycles. The molecule has 1 aromatic heterocycles. The third kappa shape index (κ3) is 3.01. The predicted molar refractivity (Wildman–Crippen MR) is 65.4 cm³/mol. The van der Waals surface area contributed by atoms with Gasteiger partial charge >= 0.3 is 0 Å². The first-order valence-electron chi connectivity index (χ1n) is 6.27. The molecule has 0 saturated heterocycles. The van der Waals surface area contributed by atoms with Gasteiger partial charge in [-0.2, -0.15) is 0 Å². The Morgan fingerprint density at radius 3 is 2.65 bits per heavy atom. The lowest BCUT2D eigenvalue weighted by Crippen LogP contribution is -2.35. The van der Waals surface area contributed by atoms with Gasteiger partial charge in [-0.15, -0.1) is 0 Å². The van der Waals surface area contributed by atoms with Crippen molar-refractivity contribution in [1.82, 2.24) is 10.4 Å². The van der Waals surface area contributed by atoms with Crippen LogP contribution in [-0.4, -0.2) is 4.98 Å². The molecule has 0 aliphatic heterocycles. The molecule has 0 bridgehead atoms. The fourth-order valence-electron chi connectivity index (χ4n) is 2.72. The monoisotopic (exact) mass is 237 g/mol. The highest BCUT2D eigenvalue weighted by Crippen LogP contribution is 2.36. The van der Waals surface area contributed by atoms with Gasteiger partial charge in [0.15, 0.2) is 0 Å². The molecule has 1 unspecified atom stereocenters. The van der Waals surface area contributed by atoms with Gasteiger partial charge < -0.3 is 0 Å². The highest BCUT2D eigenvalue weighted by molar-refractivity contribution is 5.16. The number of nitrogens with one attached hydrogen (secondary N) is 1. The van der Waals surface area contributed by atoms with Gasteiger partial charge in [0.1, 0.15) is 5.82 Å². The molecule has 17 heavy (non-hydrogen) atoms. The summed E-state index contributed by atoms with van der Waals surface area (Å²) in [6, 6.07) is 1.54. The normalized spacial score (nSPS) is 26.8. The van der Waals surface area contributed by atoms with Crippen molar-refractivity contribution in [2.45, 2.75) is 38.6 Å². The van der Waals surface area contributed by atoms with Gasteiger partial charge in [0, 0.05) is 6.20 Å². The van der Waals surface area contributed by atoms with Crippen LogP contribution >= 0.6 is 0 Å². The minimum Gasteiger partial charge on any atom is -0.271 e. The van der Waals surface area contributed by atoms with Crippen LogP contribution < -0.4 is 11.3 Å². The van der Waals surface area contributed by atoms with Crippen molar-refractivity contribution in [1.29, 1.82) is 0 Å². The number of nitrogens with two attached hydrogens (primary N) is 1. The quantitative estimate of drug-likeness (QED) is 0.627. The number of rotatable bonds is 3. The Morgan fingerprint density at radius 2 is 2.06 bits per heavy atom. The Bertz CT molecular complexity index is 361. The average molecular weight is 237 g/mol. The van der Waals surface area contributed by atoms with E-state index in [2.05, 4.69) is 17.3 Å². The van der Waals surface area contributed by atoms with E-state index >= 15 is 0 Å². The first-order chi connectivity index (χ1) is 8.20. The van der Waals surface area contributed by atoms with Crippen LogP contribution in [0.25, 0.3) is 0 Å². The summed E-state index contributed by atoms with van der Waals surface area (Å²) in [7, 11) is 0. The molecule has 94 valence electrons. The zero-order valence-electron chi connectivity index (χ0n) is 10.2. The van der Waals surface area contributed by atoms with Crippen LogP contribution in [0.3, 0.4) is 0 Å². The Balaban J connectivity index is 2.10. The molecule has 3 N–H and O–H groups in total. The molecule has 1 heterocycles. The Morgan fingerprint density at radius 1 is 1.35 bits per heavy atom. The zero-order valence-corrected chi connectivity index (χ0v) is 10.2. The summed E-state index contributed by atoms with van der Waals surface area (Å²) in [5.74, 6) is 6.61. The number of aromatic nitrogens is 1. The third-order valence-corrected chi connectivity index (χ3v) is 3.80. The summed E-state index contributed by atoms with van der Waals surface area (Å²) < 4.78 is 13.2. The van der Waals surface area contributed by atoms with Gasteiger partial charge in [-0.25, -0.2) is 4.39 Å². The van der Waals surface area contributed by atoms with Gasteiger partial charge in [0.05, 0.1) is 12.2 Å². The van der Waals surface area contributed by atoms with Crippen molar-refractivity contribution >= 4 is 0 Å². The van der Waals surface area contributed by atoms with Crippen molar-refractivity contribution in [2.75, 3.05) is 0 Å². The maximum atomic E-state index is 13.2. The lowest BCUT2D eigenvalue weighted by molar-refractivity contribution is 0.232. The summed E-state index contributed by atoms with van der Waals surface area (Å²) in [6.45, 7) is 2.28. The second kappa shape index (κ2) is 5.56. The van der Waals surface area contributed by atoms with E-state index in [-0.39, 0.29) is 11.9 Å². The number of nitrogens with zero attached hydrogens (tertiary/aromatic N) is 1. The van der Waals surface area contributed by atoms with E-state index in [9.17, 15) is 4.39 Å². The fourth-order valence-corrected chi connectivity index (χ4v) is 2.72. The molecular formula is C13H20FN3. The Hall–Kier alpha value is -1.00. The molecule has 4 heteroatoms. The molecule has 1 aliphatic carbocycles. The standard InChI is InChI=1S/C13H20FN3/c1-9-2-4-10(5-3-9)13(17-15)11-6-12(14)8-16-7-11/h6-10,13,17H,2-5,15H2,1H3. The van der Waals surface area contributed by atoms with E-state index in [0.717, 1.165) is 24.3 Å². The van der Waals surface area contributed by atoms with Crippen LogP contribution in [0.15, 0.2) is 18.5 Å². The maximum absolute atomic E-state index is 13.2. The second-order valence-corrected chi connectivity index (χ2v) is 5.10. The molecule has 1 fully saturated rings. The van der Waals surface area contributed by atoms with Crippen LogP contribution in [0.1, 0.15) is 44.2 Å². The topological polar surface area (TPSA) is 50.9 Å². The number of halogens is 1. The first kappa shape index (κ1) is 12.5. The van der Waals surface area contributed by atoms with E-state index in [1.165, 1.54) is 25.1 Å². The van der Waals surface area contributed by atoms with Gasteiger partial charge in [-0.3, -0.25) is 16.3 Å². The molecule has 2 rings (SSSR count). The summed E-state index contributed by atoms with van der Waals surface area (Å²) in [6.07, 6.45) is 7.67.